The first-order valence-electron chi connectivity index (χ1n) is 16.0. The molecular weight excluding hydrogens is 618 g/mol. The molecule has 250 valence electrons. The van der Waals surface area contributed by atoms with Crippen molar-refractivity contribution in [1.82, 2.24) is 10.4 Å². The molecule has 1 aliphatic carbocycles. The van der Waals surface area contributed by atoms with Crippen molar-refractivity contribution in [3.8, 4) is 28.4 Å². The molecule has 0 spiro atoms. The Labute approximate surface area is 286 Å². The van der Waals surface area contributed by atoms with Crippen LogP contribution in [0.3, 0.4) is 0 Å². The number of nitrogens with zero attached hydrogens (tertiary/aromatic N) is 1. The van der Waals surface area contributed by atoms with E-state index >= 15 is 0 Å². The van der Waals surface area contributed by atoms with Crippen LogP contribution in [0, 0.1) is 0 Å². The van der Waals surface area contributed by atoms with Crippen LogP contribution in [-0.4, -0.2) is 44.8 Å². The lowest BCUT2D eigenvalue weighted by Crippen LogP contribution is -2.47. The Bertz CT molecular complexity index is 1950. The number of rotatable bonds is 13. The summed E-state index contributed by atoms with van der Waals surface area (Å²) in [6, 6.07) is 36.0. The molecule has 0 bridgehead atoms. The molecule has 9 nitrogen and oxygen atoms in total. The largest absolute Gasteiger partial charge is 0.497 e. The lowest BCUT2D eigenvalue weighted by Gasteiger charge is -2.30. The van der Waals surface area contributed by atoms with E-state index in [1.54, 1.807) is 61.6 Å². The van der Waals surface area contributed by atoms with E-state index in [1.807, 2.05) is 54.6 Å². The Morgan fingerprint density at radius 2 is 1.53 bits per heavy atom. The SMILES string of the molecule is COc1ccc(C(N)(C(=O)OCc2cccc3c2Cc2ccccc2-3)c2ccc(OCC(=O)NN(C)Cc3ccccc3)cc2)c(OC)c1. The minimum Gasteiger partial charge on any atom is -0.497 e. The number of fused-ring (bicyclic) bond motifs is 3. The second-order valence-electron chi connectivity index (χ2n) is 11.9. The molecule has 0 saturated heterocycles. The maximum Gasteiger partial charge on any atom is 0.335 e. The van der Waals surface area contributed by atoms with Crippen LogP contribution in [0.5, 0.6) is 17.2 Å². The van der Waals surface area contributed by atoms with Crippen LogP contribution in [0.4, 0.5) is 0 Å². The standard InChI is InChI=1S/C40H39N3O6/c1-43(24-27-10-5-4-6-11-27)42-38(44)26-48-31-18-16-30(17-19-31)40(41,36-21-20-32(46-2)23-37(36)47-3)39(45)49-25-29-13-9-15-34-33-14-8-7-12-28(33)22-35(29)34/h4-21,23H,22,24-26,41H2,1-3H3,(H,42,44). The van der Waals surface area contributed by atoms with E-state index in [1.165, 1.54) is 18.2 Å². The van der Waals surface area contributed by atoms with Crippen LogP contribution in [-0.2, 0) is 39.4 Å². The lowest BCUT2D eigenvalue weighted by molar-refractivity contribution is -0.150. The summed E-state index contributed by atoms with van der Waals surface area (Å²) < 4.78 is 22.9. The Morgan fingerprint density at radius 3 is 2.29 bits per heavy atom. The third-order valence-corrected chi connectivity index (χ3v) is 8.72. The number of hydrazine groups is 1. The Morgan fingerprint density at radius 1 is 0.816 bits per heavy atom. The van der Waals surface area contributed by atoms with Gasteiger partial charge in [-0.15, -0.1) is 0 Å². The fourth-order valence-electron chi connectivity index (χ4n) is 6.23. The van der Waals surface area contributed by atoms with Gasteiger partial charge in [-0.25, -0.2) is 9.80 Å². The van der Waals surface area contributed by atoms with Gasteiger partial charge in [0.15, 0.2) is 12.1 Å². The van der Waals surface area contributed by atoms with Crippen LogP contribution in [0.2, 0.25) is 0 Å². The summed E-state index contributed by atoms with van der Waals surface area (Å²) in [5.74, 6) is 0.386. The minimum absolute atomic E-state index is 0.0441. The summed E-state index contributed by atoms with van der Waals surface area (Å²) in [6.45, 7) is 0.388. The van der Waals surface area contributed by atoms with Crippen molar-refractivity contribution in [2.24, 2.45) is 5.73 Å². The first-order chi connectivity index (χ1) is 23.8. The minimum atomic E-state index is -1.76. The zero-order valence-electron chi connectivity index (χ0n) is 27.8. The first kappa shape index (κ1) is 33.3. The number of hydrogen-bond donors (Lipinski definition) is 2. The molecule has 3 N–H and O–H groups in total. The Hall–Kier alpha value is -5.64. The zero-order valence-corrected chi connectivity index (χ0v) is 27.8. The topological polar surface area (TPSA) is 112 Å². The average molecular weight is 658 g/mol. The predicted octanol–water partition coefficient (Wildman–Crippen LogP) is 5.76. The van der Waals surface area contributed by atoms with E-state index in [-0.39, 0.29) is 19.1 Å². The molecule has 0 aromatic heterocycles. The second-order valence-corrected chi connectivity index (χ2v) is 11.9. The molecule has 0 fully saturated rings. The number of ether oxygens (including phenoxy) is 4. The number of nitrogens with two attached hydrogens (primary N) is 1. The van der Waals surface area contributed by atoms with E-state index in [0.29, 0.717) is 34.9 Å². The fourth-order valence-corrected chi connectivity index (χ4v) is 6.23. The number of hydrogen-bond acceptors (Lipinski definition) is 8. The van der Waals surface area contributed by atoms with Gasteiger partial charge >= 0.3 is 5.97 Å². The van der Waals surface area contributed by atoms with Crippen LogP contribution in [0.15, 0.2) is 115 Å². The highest BCUT2D eigenvalue weighted by molar-refractivity contribution is 5.88. The third kappa shape index (κ3) is 7.13. The first-order valence-corrected chi connectivity index (χ1v) is 16.0. The summed E-state index contributed by atoms with van der Waals surface area (Å²) in [5, 5.41) is 1.70. The van der Waals surface area contributed by atoms with Crippen LogP contribution in [0.25, 0.3) is 11.1 Å². The number of carbonyl (C=O) groups is 2. The maximum atomic E-state index is 14.2. The molecule has 5 aromatic carbocycles. The van der Waals surface area contributed by atoms with Crippen LogP contribution < -0.4 is 25.4 Å². The van der Waals surface area contributed by atoms with Crippen LogP contribution in [0.1, 0.15) is 33.4 Å². The molecule has 1 aliphatic rings. The highest BCUT2D eigenvalue weighted by Crippen LogP contribution is 2.40. The Kier molecular flexibility index (Phi) is 9.94. The van der Waals surface area contributed by atoms with E-state index in [4.69, 9.17) is 24.7 Å². The van der Waals surface area contributed by atoms with Crippen molar-refractivity contribution in [3.05, 3.63) is 149 Å². The van der Waals surface area contributed by atoms with Gasteiger partial charge < -0.3 is 24.7 Å². The monoisotopic (exact) mass is 657 g/mol. The van der Waals surface area contributed by atoms with Gasteiger partial charge in [-0.3, -0.25) is 10.2 Å². The third-order valence-electron chi connectivity index (χ3n) is 8.72. The molecule has 0 heterocycles. The molecule has 6 rings (SSSR count). The van der Waals surface area contributed by atoms with E-state index in [9.17, 15) is 9.59 Å². The number of amides is 1. The van der Waals surface area contributed by atoms with Crippen molar-refractivity contribution in [1.29, 1.82) is 0 Å². The number of esters is 1. The fraction of sp³-hybridized carbons (Fsp3) is 0.200. The zero-order chi connectivity index (χ0) is 34.4. The van der Waals surface area contributed by atoms with Crippen molar-refractivity contribution in [2.45, 2.75) is 25.1 Å². The summed E-state index contributed by atoms with van der Waals surface area (Å²) in [7, 11) is 4.85. The maximum absolute atomic E-state index is 14.2. The molecule has 1 amide bonds. The molecular formula is C40H39N3O6. The molecule has 0 saturated carbocycles. The number of benzene rings is 5. The summed E-state index contributed by atoms with van der Waals surface area (Å²) in [6.07, 6.45) is 0.766. The van der Waals surface area contributed by atoms with Gasteiger partial charge in [0.2, 0.25) is 0 Å². The van der Waals surface area contributed by atoms with Crippen molar-refractivity contribution in [2.75, 3.05) is 27.9 Å². The normalized spacial score (nSPS) is 12.8. The van der Waals surface area contributed by atoms with Crippen molar-refractivity contribution in [3.63, 3.8) is 0 Å². The summed E-state index contributed by atoms with van der Waals surface area (Å²) >= 11 is 0. The summed E-state index contributed by atoms with van der Waals surface area (Å²) in [5.41, 5.74) is 15.7. The average Bonchev–Trinajstić information content (AvgIpc) is 3.52. The summed E-state index contributed by atoms with van der Waals surface area (Å²) in [4.78, 5) is 26.8. The van der Waals surface area contributed by atoms with Gasteiger partial charge in [-0.05, 0) is 69.6 Å². The lowest BCUT2D eigenvalue weighted by atomic mass is 9.83. The number of methoxy groups -OCH3 is 2. The van der Waals surface area contributed by atoms with Gasteiger partial charge in [-0.1, -0.05) is 84.9 Å². The van der Waals surface area contributed by atoms with E-state index < -0.39 is 11.5 Å². The van der Waals surface area contributed by atoms with Gasteiger partial charge in [0.25, 0.3) is 5.91 Å². The van der Waals surface area contributed by atoms with E-state index in [2.05, 4.69) is 23.6 Å². The second kappa shape index (κ2) is 14.6. The molecule has 0 radical (unpaired) electrons. The van der Waals surface area contributed by atoms with Gasteiger partial charge in [0, 0.05) is 25.2 Å². The van der Waals surface area contributed by atoms with Crippen molar-refractivity contribution >= 4 is 11.9 Å². The molecule has 49 heavy (non-hydrogen) atoms. The highest BCUT2D eigenvalue weighted by atomic mass is 16.5. The molecule has 1 unspecified atom stereocenters. The number of nitrogens with one attached hydrogen (secondary N) is 1. The molecule has 5 aromatic rings. The van der Waals surface area contributed by atoms with Gasteiger partial charge in [0.1, 0.15) is 23.9 Å². The quantitative estimate of drug-likeness (QED) is 0.119. The smallest absolute Gasteiger partial charge is 0.335 e. The van der Waals surface area contributed by atoms with E-state index in [0.717, 1.165) is 28.7 Å². The van der Waals surface area contributed by atoms with Gasteiger partial charge in [-0.2, -0.15) is 0 Å². The molecule has 9 heteroatoms. The van der Waals surface area contributed by atoms with Crippen LogP contribution >= 0.6 is 0 Å². The Balaban J connectivity index is 1.20. The predicted molar refractivity (Wildman–Crippen MR) is 187 cm³/mol. The highest BCUT2D eigenvalue weighted by Gasteiger charge is 2.42. The molecule has 0 aliphatic heterocycles. The molecule has 1 atom stereocenters. The van der Waals surface area contributed by atoms with Gasteiger partial charge in [0.05, 0.1) is 14.2 Å². The van der Waals surface area contributed by atoms with Crippen molar-refractivity contribution < 1.29 is 28.5 Å². The number of carbonyl (C=O) groups excluding carboxylic acids is 2.